The summed E-state index contributed by atoms with van der Waals surface area (Å²) in [6.07, 6.45) is 0.313. The number of hydrogen-bond donors (Lipinski definition) is 1. The van der Waals surface area contributed by atoms with Crippen LogP contribution in [-0.2, 0) is 9.59 Å². The number of amides is 2. The Balaban J connectivity index is 1.46. The molecule has 31 heavy (non-hydrogen) atoms. The highest BCUT2D eigenvalue weighted by Gasteiger charge is 2.29. The van der Waals surface area contributed by atoms with E-state index in [0.717, 1.165) is 44.7 Å². The zero-order chi connectivity index (χ0) is 22.0. The van der Waals surface area contributed by atoms with E-state index in [1.807, 2.05) is 74.0 Å². The van der Waals surface area contributed by atoms with Gasteiger partial charge in [-0.3, -0.25) is 9.59 Å². The maximum absolute atomic E-state index is 13.0. The summed E-state index contributed by atoms with van der Waals surface area (Å²) in [5, 5.41) is 8.58. The lowest BCUT2D eigenvalue weighted by atomic mass is 10.1. The van der Waals surface area contributed by atoms with Crippen LogP contribution in [0.1, 0.15) is 29.7 Å². The van der Waals surface area contributed by atoms with E-state index in [2.05, 4.69) is 10.4 Å². The van der Waals surface area contributed by atoms with E-state index < -0.39 is 0 Å². The van der Waals surface area contributed by atoms with E-state index in [1.165, 1.54) is 0 Å². The van der Waals surface area contributed by atoms with Crippen molar-refractivity contribution >= 4 is 35.0 Å². The minimum Gasteiger partial charge on any atom is -0.326 e. The molecule has 4 rings (SSSR count). The fraction of sp³-hybridized carbons (Fsp3) is 0.292. The van der Waals surface area contributed by atoms with Crippen molar-refractivity contribution in [2.75, 3.05) is 22.5 Å². The Kier molecular flexibility index (Phi) is 6.13. The van der Waals surface area contributed by atoms with Crippen LogP contribution in [0.25, 0.3) is 5.69 Å². The van der Waals surface area contributed by atoms with Crippen molar-refractivity contribution in [3.8, 4) is 5.69 Å². The molecule has 1 aliphatic rings. The molecule has 2 aromatic carbocycles. The van der Waals surface area contributed by atoms with Crippen LogP contribution in [0.15, 0.2) is 53.6 Å². The molecule has 6 nitrogen and oxygen atoms in total. The molecule has 1 aliphatic heterocycles. The lowest BCUT2D eigenvalue weighted by Gasteiger charge is -2.27. The number of nitrogens with one attached hydrogen (secondary N) is 1. The number of benzene rings is 2. The highest BCUT2D eigenvalue weighted by atomic mass is 32.2. The molecule has 0 bridgehead atoms. The van der Waals surface area contributed by atoms with Crippen molar-refractivity contribution in [3.05, 3.63) is 65.4 Å². The molecule has 0 saturated heterocycles. The number of aromatic nitrogens is 2. The summed E-state index contributed by atoms with van der Waals surface area (Å²) in [4.78, 5) is 27.3. The van der Waals surface area contributed by atoms with Gasteiger partial charge in [-0.1, -0.05) is 35.9 Å². The van der Waals surface area contributed by atoms with Crippen LogP contribution >= 0.6 is 11.8 Å². The number of nitrogens with zero attached hydrogens (tertiary/aromatic N) is 3. The van der Waals surface area contributed by atoms with E-state index in [4.69, 9.17) is 0 Å². The second kappa shape index (κ2) is 8.98. The van der Waals surface area contributed by atoms with Crippen molar-refractivity contribution < 1.29 is 9.59 Å². The van der Waals surface area contributed by atoms with E-state index in [0.29, 0.717) is 6.54 Å². The first-order chi connectivity index (χ1) is 14.9. The molecule has 0 spiro atoms. The third kappa shape index (κ3) is 4.51. The van der Waals surface area contributed by atoms with Gasteiger partial charge in [0.1, 0.15) is 5.03 Å². The molecule has 0 atom stereocenters. The van der Waals surface area contributed by atoms with Gasteiger partial charge in [0.15, 0.2) is 0 Å². The highest BCUT2D eigenvalue weighted by Crippen LogP contribution is 2.39. The second-order valence-electron chi connectivity index (χ2n) is 7.75. The SMILES string of the molecule is Cc1ccc(NC(=O)CCC(=O)N2CCSc3c2c(C)nn3-c2ccccc2)c(C)c1. The number of carbonyl (C=O) groups is 2. The van der Waals surface area contributed by atoms with Gasteiger partial charge in [0.05, 0.1) is 17.1 Å². The minimum absolute atomic E-state index is 0.0481. The Morgan fingerprint density at radius 2 is 1.84 bits per heavy atom. The zero-order valence-corrected chi connectivity index (χ0v) is 18.8. The Bertz CT molecular complexity index is 1120. The first kappa shape index (κ1) is 21.2. The highest BCUT2D eigenvalue weighted by molar-refractivity contribution is 7.99. The second-order valence-corrected chi connectivity index (χ2v) is 8.83. The quantitative estimate of drug-likeness (QED) is 0.634. The fourth-order valence-electron chi connectivity index (χ4n) is 3.80. The molecule has 0 radical (unpaired) electrons. The van der Waals surface area contributed by atoms with E-state index in [1.54, 1.807) is 16.7 Å². The average molecular weight is 435 g/mol. The van der Waals surface area contributed by atoms with Crippen molar-refractivity contribution in [2.24, 2.45) is 0 Å². The standard InChI is InChI=1S/C24H26N4O2S/c1-16-9-10-20(17(2)15-16)25-21(29)11-12-22(30)27-13-14-31-24-23(27)18(3)26-28(24)19-7-5-4-6-8-19/h4-10,15H,11-14H2,1-3H3,(H,25,29). The molecule has 0 aliphatic carbocycles. The predicted molar refractivity (Wildman–Crippen MR) is 125 cm³/mol. The summed E-state index contributed by atoms with van der Waals surface area (Å²) < 4.78 is 1.90. The van der Waals surface area contributed by atoms with Gasteiger partial charge in [-0.2, -0.15) is 5.10 Å². The van der Waals surface area contributed by atoms with Gasteiger partial charge in [0, 0.05) is 30.8 Å². The number of thioether (sulfide) groups is 1. The number of anilines is 2. The van der Waals surface area contributed by atoms with Crippen molar-refractivity contribution in [2.45, 2.75) is 38.6 Å². The van der Waals surface area contributed by atoms with E-state index >= 15 is 0 Å². The van der Waals surface area contributed by atoms with Crippen molar-refractivity contribution in [1.82, 2.24) is 9.78 Å². The topological polar surface area (TPSA) is 67.2 Å². The summed E-state index contributed by atoms with van der Waals surface area (Å²) >= 11 is 1.71. The zero-order valence-electron chi connectivity index (χ0n) is 18.0. The van der Waals surface area contributed by atoms with Crippen LogP contribution in [0.4, 0.5) is 11.4 Å². The number of carbonyl (C=O) groups excluding carboxylic acids is 2. The van der Waals surface area contributed by atoms with Gasteiger partial charge in [-0.25, -0.2) is 4.68 Å². The first-order valence-corrected chi connectivity index (χ1v) is 11.4. The molecule has 7 heteroatoms. The molecule has 2 amide bonds. The van der Waals surface area contributed by atoms with Gasteiger partial charge in [-0.15, -0.1) is 11.8 Å². The van der Waals surface area contributed by atoms with Gasteiger partial charge < -0.3 is 10.2 Å². The number of hydrogen-bond acceptors (Lipinski definition) is 4. The molecule has 0 fully saturated rings. The minimum atomic E-state index is -0.149. The number of para-hydroxylation sites is 1. The molecular weight excluding hydrogens is 408 g/mol. The van der Waals surface area contributed by atoms with Crippen LogP contribution in [-0.4, -0.2) is 33.9 Å². The summed E-state index contributed by atoms with van der Waals surface area (Å²) in [5.74, 6) is 0.600. The molecule has 0 saturated carbocycles. The molecule has 0 unspecified atom stereocenters. The van der Waals surface area contributed by atoms with Crippen molar-refractivity contribution in [1.29, 1.82) is 0 Å². The third-order valence-corrected chi connectivity index (χ3v) is 6.36. The fourth-order valence-corrected chi connectivity index (χ4v) is 4.93. The largest absolute Gasteiger partial charge is 0.326 e. The summed E-state index contributed by atoms with van der Waals surface area (Å²) in [7, 11) is 0. The predicted octanol–water partition coefficient (Wildman–Crippen LogP) is 4.66. The molecule has 1 aromatic heterocycles. The Labute approximate surface area is 186 Å². The van der Waals surface area contributed by atoms with Crippen molar-refractivity contribution in [3.63, 3.8) is 0 Å². The Morgan fingerprint density at radius 3 is 2.58 bits per heavy atom. The molecule has 160 valence electrons. The van der Waals surface area contributed by atoms with Crippen LogP contribution in [0.2, 0.25) is 0 Å². The van der Waals surface area contributed by atoms with Crippen LogP contribution in [0.3, 0.4) is 0 Å². The first-order valence-electron chi connectivity index (χ1n) is 10.4. The van der Waals surface area contributed by atoms with Gasteiger partial charge >= 0.3 is 0 Å². The van der Waals surface area contributed by atoms with E-state index in [-0.39, 0.29) is 24.7 Å². The van der Waals surface area contributed by atoms with Gasteiger partial charge in [-0.05, 0) is 44.5 Å². The normalized spacial score (nSPS) is 13.1. The van der Waals surface area contributed by atoms with Crippen LogP contribution in [0.5, 0.6) is 0 Å². The molecular formula is C24H26N4O2S. The van der Waals surface area contributed by atoms with E-state index in [9.17, 15) is 9.59 Å². The molecule has 2 heterocycles. The maximum atomic E-state index is 13.0. The monoisotopic (exact) mass is 434 g/mol. The summed E-state index contributed by atoms with van der Waals surface area (Å²) in [6.45, 7) is 6.53. The number of fused-ring (bicyclic) bond motifs is 1. The lowest BCUT2D eigenvalue weighted by molar-refractivity contribution is -0.122. The third-order valence-electron chi connectivity index (χ3n) is 5.33. The maximum Gasteiger partial charge on any atom is 0.227 e. The van der Waals surface area contributed by atoms with Gasteiger partial charge in [0.2, 0.25) is 11.8 Å². The molecule has 3 aromatic rings. The molecule has 1 N–H and O–H groups in total. The number of aryl methyl sites for hydroxylation is 3. The van der Waals surface area contributed by atoms with Crippen LogP contribution in [0, 0.1) is 20.8 Å². The summed E-state index contributed by atoms with van der Waals surface area (Å²) in [5.41, 5.74) is 5.61. The Morgan fingerprint density at radius 1 is 1.06 bits per heavy atom. The smallest absolute Gasteiger partial charge is 0.227 e. The average Bonchev–Trinajstić information content (AvgIpc) is 3.11. The van der Waals surface area contributed by atoms with Crippen LogP contribution < -0.4 is 10.2 Å². The summed E-state index contributed by atoms with van der Waals surface area (Å²) in [6, 6.07) is 15.8. The Hall–Kier alpha value is -3.06. The number of rotatable bonds is 5. The van der Waals surface area contributed by atoms with Gasteiger partial charge in [0.25, 0.3) is 0 Å². The lowest BCUT2D eigenvalue weighted by Crippen LogP contribution is -2.36.